The fourth-order valence-electron chi connectivity index (χ4n) is 3.37. The summed E-state index contributed by atoms with van der Waals surface area (Å²) in [6.45, 7) is 3.30. The molecule has 1 saturated carbocycles. The fraction of sp³-hybridized carbons (Fsp3) is 0.562. The Balaban J connectivity index is 1.70. The second-order valence-corrected chi connectivity index (χ2v) is 6.31. The minimum Gasteiger partial charge on any atom is -0.397 e. The molecule has 1 fully saturated rings. The third-order valence-electron chi connectivity index (χ3n) is 4.56. The summed E-state index contributed by atoms with van der Waals surface area (Å²) in [6, 6.07) is 3.98. The van der Waals surface area contributed by atoms with Gasteiger partial charge in [0.25, 0.3) is 0 Å². The molecule has 108 valence electrons. The zero-order chi connectivity index (χ0) is 14.1. The largest absolute Gasteiger partial charge is 0.397 e. The second kappa shape index (κ2) is 5.35. The van der Waals surface area contributed by atoms with E-state index in [4.69, 9.17) is 5.73 Å². The molecule has 20 heavy (non-hydrogen) atoms. The van der Waals surface area contributed by atoms with Gasteiger partial charge in [0.05, 0.1) is 11.4 Å². The molecule has 1 heterocycles. The first kappa shape index (κ1) is 13.3. The molecule has 1 amide bonds. The van der Waals surface area contributed by atoms with Crippen LogP contribution in [-0.2, 0) is 11.2 Å². The van der Waals surface area contributed by atoms with Gasteiger partial charge in [0.2, 0.25) is 5.91 Å². The molecular formula is C16H23N3O. The van der Waals surface area contributed by atoms with E-state index >= 15 is 0 Å². The Labute approximate surface area is 120 Å². The number of hydrogen-bond acceptors (Lipinski definition) is 3. The number of aryl methyl sites for hydroxylation is 1. The molecule has 0 radical (unpaired) electrons. The summed E-state index contributed by atoms with van der Waals surface area (Å²) in [5, 5.41) is 6.39. The Kier molecular flexibility index (Phi) is 3.55. The van der Waals surface area contributed by atoms with Crippen LogP contribution in [0.15, 0.2) is 12.1 Å². The van der Waals surface area contributed by atoms with Crippen molar-refractivity contribution in [2.24, 2.45) is 11.8 Å². The van der Waals surface area contributed by atoms with Crippen LogP contribution in [0.2, 0.25) is 0 Å². The van der Waals surface area contributed by atoms with Gasteiger partial charge in [0.15, 0.2) is 0 Å². The molecule has 2 aliphatic rings. The van der Waals surface area contributed by atoms with E-state index in [1.54, 1.807) is 0 Å². The summed E-state index contributed by atoms with van der Waals surface area (Å²) in [5.41, 5.74) is 9.90. The molecule has 0 spiro atoms. The Hall–Kier alpha value is -1.71. The third-order valence-corrected chi connectivity index (χ3v) is 4.56. The molecule has 2 unspecified atom stereocenters. The van der Waals surface area contributed by atoms with Gasteiger partial charge in [-0.25, -0.2) is 0 Å². The number of rotatable bonds is 3. The van der Waals surface area contributed by atoms with Crippen molar-refractivity contribution in [1.82, 2.24) is 0 Å². The molecule has 4 heteroatoms. The molecule has 4 N–H and O–H groups in total. The predicted molar refractivity (Wildman–Crippen MR) is 82.8 cm³/mol. The van der Waals surface area contributed by atoms with Gasteiger partial charge in [-0.2, -0.15) is 0 Å². The fourth-order valence-corrected chi connectivity index (χ4v) is 3.37. The average molecular weight is 273 g/mol. The topological polar surface area (TPSA) is 67.1 Å². The van der Waals surface area contributed by atoms with Gasteiger partial charge < -0.3 is 16.4 Å². The van der Waals surface area contributed by atoms with Gasteiger partial charge in [-0.1, -0.05) is 13.3 Å². The average Bonchev–Trinajstić information content (AvgIpc) is 2.83. The number of hydrogen-bond donors (Lipinski definition) is 3. The number of nitrogens with one attached hydrogen (secondary N) is 2. The first-order valence-electron chi connectivity index (χ1n) is 7.58. The molecule has 1 aromatic rings. The second-order valence-electron chi connectivity index (χ2n) is 6.31. The van der Waals surface area contributed by atoms with Crippen LogP contribution in [-0.4, -0.2) is 12.5 Å². The van der Waals surface area contributed by atoms with Crippen LogP contribution in [0.1, 0.15) is 38.2 Å². The van der Waals surface area contributed by atoms with E-state index < -0.39 is 0 Å². The number of carbonyl (C=O) groups excluding carboxylic acids is 1. The summed E-state index contributed by atoms with van der Waals surface area (Å²) >= 11 is 0. The van der Waals surface area contributed by atoms with Crippen LogP contribution < -0.4 is 16.4 Å². The Morgan fingerprint density at radius 3 is 2.95 bits per heavy atom. The van der Waals surface area contributed by atoms with E-state index in [9.17, 15) is 4.79 Å². The van der Waals surface area contributed by atoms with E-state index in [0.717, 1.165) is 47.4 Å². The van der Waals surface area contributed by atoms with Crippen molar-refractivity contribution < 1.29 is 4.79 Å². The van der Waals surface area contributed by atoms with Crippen molar-refractivity contribution in [2.75, 3.05) is 22.9 Å². The molecule has 1 aliphatic carbocycles. The maximum absolute atomic E-state index is 11.5. The molecule has 1 aliphatic heterocycles. The lowest BCUT2D eigenvalue weighted by atomic mass is 10.0. The van der Waals surface area contributed by atoms with E-state index in [1.165, 1.54) is 19.3 Å². The molecule has 4 nitrogen and oxygen atoms in total. The predicted octanol–water partition coefficient (Wildman–Crippen LogP) is 3.00. The van der Waals surface area contributed by atoms with Gasteiger partial charge in [-0.3, -0.25) is 4.79 Å². The van der Waals surface area contributed by atoms with Gasteiger partial charge in [-0.15, -0.1) is 0 Å². The highest BCUT2D eigenvalue weighted by molar-refractivity contribution is 5.95. The summed E-state index contributed by atoms with van der Waals surface area (Å²) in [7, 11) is 0. The van der Waals surface area contributed by atoms with Crippen LogP contribution in [0.3, 0.4) is 0 Å². The highest BCUT2D eigenvalue weighted by Gasteiger charge is 2.22. The van der Waals surface area contributed by atoms with Gasteiger partial charge in [-0.05, 0) is 48.8 Å². The zero-order valence-electron chi connectivity index (χ0n) is 12.0. The minimum atomic E-state index is 0.0952. The van der Waals surface area contributed by atoms with Crippen LogP contribution in [0, 0.1) is 11.8 Å². The number of fused-ring (bicyclic) bond motifs is 1. The van der Waals surface area contributed by atoms with E-state index in [-0.39, 0.29) is 5.91 Å². The lowest BCUT2D eigenvalue weighted by molar-refractivity contribution is -0.116. The van der Waals surface area contributed by atoms with E-state index in [2.05, 4.69) is 17.6 Å². The molecule has 0 saturated heterocycles. The van der Waals surface area contributed by atoms with Gasteiger partial charge >= 0.3 is 0 Å². The molecule has 0 aromatic heterocycles. The number of carbonyl (C=O) groups is 1. The van der Waals surface area contributed by atoms with Crippen molar-refractivity contribution >= 4 is 23.0 Å². The quantitative estimate of drug-likeness (QED) is 0.742. The SMILES string of the molecule is CC1CCC(CNc2cc3c(cc2N)CCC(=O)N3)C1. The lowest BCUT2D eigenvalue weighted by Gasteiger charge is -2.20. The van der Waals surface area contributed by atoms with Crippen molar-refractivity contribution in [1.29, 1.82) is 0 Å². The molecule has 0 bridgehead atoms. The third kappa shape index (κ3) is 2.74. The normalized spacial score (nSPS) is 25.1. The highest BCUT2D eigenvalue weighted by Crippen LogP contribution is 2.33. The maximum atomic E-state index is 11.5. The van der Waals surface area contributed by atoms with Crippen molar-refractivity contribution in [3.63, 3.8) is 0 Å². The first-order chi connectivity index (χ1) is 9.61. The molecule has 2 atom stereocenters. The smallest absolute Gasteiger partial charge is 0.224 e. The minimum absolute atomic E-state index is 0.0952. The Morgan fingerprint density at radius 2 is 2.20 bits per heavy atom. The summed E-state index contributed by atoms with van der Waals surface area (Å²) in [6.07, 6.45) is 5.28. The molecular weight excluding hydrogens is 250 g/mol. The Bertz CT molecular complexity index is 527. The maximum Gasteiger partial charge on any atom is 0.224 e. The number of nitrogen functional groups attached to an aromatic ring is 1. The summed E-state index contributed by atoms with van der Waals surface area (Å²) in [4.78, 5) is 11.5. The summed E-state index contributed by atoms with van der Waals surface area (Å²) < 4.78 is 0. The van der Waals surface area contributed by atoms with Crippen molar-refractivity contribution in [3.05, 3.63) is 17.7 Å². The molecule has 3 rings (SSSR count). The van der Waals surface area contributed by atoms with Gasteiger partial charge in [0.1, 0.15) is 0 Å². The number of anilines is 3. The first-order valence-corrected chi connectivity index (χ1v) is 7.58. The summed E-state index contributed by atoms with van der Waals surface area (Å²) in [5.74, 6) is 1.69. The lowest BCUT2D eigenvalue weighted by Crippen LogP contribution is -2.20. The molecule has 1 aromatic carbocycles. The van der Waals surface area contributed by atoms with Crippen LogP contribution in [0.5, 0.6) is 0 Å². The Morgan fingerprint density at radius 1 is 1.35 bits per heavy atom. The van der Waals surface area contributed by atoms with Crippen LogP contribution in [0.25, 0.3) is 0 Å². The van der Waals surface area contributed by atoms with E-state index in [1.807, 2.05) is 12.1 Å². The van der Waals surface area contributed by atoms with Crippen LogP contribution in [0.4, 0.5) is 17.1 Å². The number of amides is 1. The van der Waals surface area contributed by atoms with Crippen LogP contribution >= 0.6 is 0 Å². The monoisotopic (exact) mass is 273 g/mol. The van der Waals surface area contributed by atoms with Crippen molar-refractivity contribution in [3.8, 4) is 0 Å². The van der Waals surface area contributed by atoms with Crippen molar-refractivity contribution in [2.45, 2.75) is 39.0 Å². The zero-order valence-corrected chi connectivity index (χ0v) is 12.0. The van der Waals surface area contributed by atoms with Gasteiger partial charge in [0, 0.05) is 18.7 Å². The number of benzene rings is 1. The number of nitrogens with two attached hydrogens (primary N) is 1. The van der Waals surface area contributed by atoms with E-state index in [0.29, 0.717) is 6.42 Å². The standard InChI is InChI=1S/C16H23N3O/c1-10-2-3-11(6-10)9-18-15-8-14-12(7-13(15)17)4-5-16(20)19-14/h7-8,10-11,18H,2-6,9,17H2,1H3,(H,19,20). The highest BCUT2D eigenvalue weighted by atomic mass is 16.1.